The summed E-state index contributed by atoms with van der Waals surface area (Å²) in [7, 11) is 3.25. The second-order valence-corrected chi connectivity index (χ2v) is 4.00. The van der Waals surface area contributed by atoms with Gasteiger partial charge in [-0.05, 0) is 11.1 Å². The van der Waals surface area contributed by atoms with E-state index < -0.39 is 11.9 Å². The molecule has 0 aliphatic rings. The van der Waals surface area contributed by atoms with Crippen LogP contribution in [0.15, 0.2) is 60.7 Å². The highest BCUT2D eigenvalue weighted by Crippen LogP contribution is 2.24. The summed E-state index contributed by atoms with van der Waals surface area (Å²) in [6.45, 7) is 0. The molecule has 2 aromatic rings. The zero-order chi connectivity index (χ0) is 14.1. The van der Waals surface area contributed by atoms with E-state index in [4.69, 9.17) is 0 Å². The normalized spacial score (nSPS) is 9.63. The highest BCUT2D eigenvalue weighted by Gasteiger charge is 2.20. The van der Waals surface area contributed by atoms with Gasteiger partial charge in [0.05, 0.1) is 0 Å². The number of hydrogen-bond acceptors (Lipinski definition) is 2. The van der Waals surface area contributed by atoms with Gasteiger partial charge in [-0.25, -0.2) is 0 Å². The lowest BCUT2D eigenvalue weighted by Gasteiger charge is -2.12. The van der Waals surface area contributed by atoms with Crippen LogP contribution >= 0.6 is 0 Å². The Labute approximate surface area is 113 Å². The zero-order valence-electron chi connectivity index (χ0n) is 11.1. The van der Waals surface area contributed by atoms with E-state index in [1.54, 1.807) is 14.2 Å². The fraction of sp³-hybridized carbons (Fsp3) is 0.188. The Morgan fingerprint density at radius 3 is 1.47 bits per heavy atom. The van der Waals surface area contributed by atoms with Crippen LogP contribution in [0, 0.1) is 0 Å². The standard InChI is InChI=1S/C14H12O2.C2H6O/c15-14(16)13(11-7-3-1-4-8-11)12-9-5-2-6-10-12;1-3-2/h1-10,13H,(H,15,16);1-2H3. The minimum Gasteiger partial charge on any atom is -0.481 e. The summed E-state index contributed by atoms with van der Waals surface area (Å²) < 4.78 is 4.25. The molecule has 0 unspecified atom stereocenters. The molecular weight excluding hydrogens is 240 g/mol. The number of benzene rings is 2. The number of carboxylic acids is 1. The summed E-state index contributed by atoms with van der Waals surface area (Å²) in [5, 5.41) is 9.28. The lowest BCUT2D eigenvalue weighted by Crippen LogP contribution is -2.12. The minimum absolute atomic E-state index is 0.581. The van der Waals surface area contributed by atoms with E-state index in [9.17, 15) is 9.90 Å². The predicted molar refractivity (Wildman–Crippen MR) is 75.3 cm³/mol. The maximum atomic E-state index is 11.3. The summed E-state index contributed by atoms with van der Waals surface area (Å²) in [5.41, 5.74) is 1.61. The second kappa shape index (κ2) is 8.06. The number of rotatable bonds is 3. The molecule has 0 spiro atoms. The van der Waals surface area contributed by atoms with Crippen molar-refractivity contribution in [1.82, 2.24) is 0 Å². The maximum absolute atomic E-state index is 11.3. The molecule has 0 fully saturated rings. The van der Waals surface area contributed by atoms with Gasteiger partial charge in [0.25, 0.3) is 0 Å². The summed E-state index contributed by atoms with van der Waals surface area (Å²) >= 11 is 0. The quantitative estimate of drug-likeness (QED) is 0.919. The van der Waals surface area contributed by atoms with E-state index in [1.165, 1.54) is 0 Å². The fourth-order valence-corrected chi connectivity index (χ4v) is 1.77. The number of carboxylic acid groups (broad SMARTS) is 1. The van der Waals surface area contributed by atoms with Gasteiger partial charge in [0.2, 0.25) is 0 Å². The Hall–Kier alpha value is -2.13. The Morgan fingerprint density at radius 2 is 1.21 bits per heavy atom. The van der Waals surface area contributed by atoms with Gasteiger partial charge in [-0.3, -0.25) is 4.79 Å². The monoisotopic (exact) mass is 258 g/mol. The van der Waals surface area contributed by atoms with Crippen molar-refractivity contribution < 1.29 is 14.6 Å². The van der Waals surface area contributed by atoms with E-state index in [2.05, 4.69) is 4.74 Å². The van der Waals surface area contributed by atoms with Crippen LogP contribution in [0.1, 0.15) is 17.0 Å². The molecule has 0 saturated heterocycles. The Morgan fingerprint density at radius 1 is 0.895 bits per heavy atom. The first-order valence-electron chi connectivity index (χ1n) is 5.93. The zero-order valence-corrected chi connectivity index (χ0v) is 11.1. The van der Waals surface area contributed by atoms with E-state index in [1.807, 2.05) is 60.7 Å². The Kier molecular flexibility index (Phi) is 6.33. The van der Waals surface area contributed by atoms with Gasteiger partial charge >= 0.3 is 5.97 Å². The van der Waals surface area contributed by atoms with Crippen molar-refractivity contribution in [1.29, 1.82) is 0 Å². The van der Waals surface area contributed by atoms with Gasteiger partial charge in [-0.15, -0.1) is 0 Å². The van der Waals surface area contributed by atoms with Crippen molar-refractivity contribution >= 4 is 5.97 Å². The van der Waals surface area contributed by atoms with Crippen molar-refractivity contribution in [3.8, 4) is 0 Å². The minimum atomic E-state index is -0.822. The number of methoxy groups -OCH3 is 1. The molecule has 0 aliphatic carbocycles. The largest absolute Gasteiger partial charge is 0.481 e. The topological polar surface area (TPSA) is 46.5 Å². The van der Waals surface area contributed by atoms with Crippen molar-refractivity contribution in [2.45, 2.75) is 5.92 Å². The summed E-state index contributed by atoms with van der Waals surface area (Å²) in [4.78, 5) is 11.3. The molecule has 0 aromatic heterocycles. The van der Waals surface area contributed by atoms with Crippen molar-refractivity contribution in [2.24, 2.45) is 0 Å². The van der Waals surface area contributed by atoms with Gasteiger partial charge in [0.15, 0.2) is 0 Å². The molecule has 0 radical (unpaired) electrons. The molecule has 0 bridgehead atoms. The molecule has 0 atom stereocenters. The van der Waals surface area contributed by atoms with Crippen molar-refractivity contribution in [3.63, 3.8) is 0 Å². The lowest BCUT2D eigenvalue weighted by molar-refractivity contribution is -0.137. The van der Waals surface area contributed by atoms with Crippen LogP contribution in [0.3, 0.4) is 0 Å². The molecule has 100 valence electrons. The Balaban J connectivity index is 0.000000550. The van der Waals surface area contributed by atoms with Crippen molar-refractivity contribution in [2.75, 3.05) is 14.2 Å². The van der Waals surface area contributed by atoms with Crippen LogP contribution in [0.4, 0.5) is 0 Å². The van der Waals surface area contributed by atoms with Crippen LogP contribution in [0.25, 0.3) is 0 Å². The maximum Gasteiger partial charge on any atom is 0.315 e. The number of aliphatic carboxylic acids is 1. The molecule has 0 saturated carbocycles. The number of ether oxygens (including phenoxy) is 1. The molecule has 0 amide bonds. The first kappa shape index (κ1) is 14.9. The van der Waals surface area contributed by atoms with Crippen molar-refractivity contribution in [3.05, 3.63) is 71.8 Å². The molecule has 1 N–H and O–H groups in total. The lowest BCUT2D eigenvalue weighted by atomic mass is 9.92. The van der Waals surface area contributed by atoms with Gasteiger partial charge in [-0.2, -0.15) is 0 Å². The first-order valence-corrected chi connectivity index (χ1v) is 5.93. The fourth-order valence-electron chi connectivity index (χ4n) is 1.77. The molecule has 3 nitrogen and oxygen atoms in total. The third-order valence-electron chi connectivity index (χ3n) is 2.51. The van der Waals surface area contributed by atoms with Crippen LogP contribution in [0.2, 0.25) is 0 Å². The van der Waals surface area contributed by atoms with Crippen LogP contribution < -0.4 is 0 Å². The molecule has 2 rings (SSSR count). The highest BCUT2D eigenvalue weighted by molar-refractivity contribution is 5.80. The average Bonchev–Trinajstić information content (AvgIpc) is 2.42. The third kappa shape index (κ3) is 4.56. The SMILES string of the molecule is COC.O=C(O)C(c1ccccc1)c1ccccc1. The first-order chi connectivity index (χ1) is 9.20. The van der Waals surface area contributed by atoms with Gasteiger partial charge < -0.3 is 9.84 Å². The summed E-state index contributed by atoms with van der Waals surface area (Å²) in [6, 6.07) is 18.5. The van der Waals surface area contributed by atoms with Crippen LogP contribution in [-0.2, 0) is 9.53 Å². The number of carbonyl (C=O) groups is 1. The highest BCUT2D eigenvalue weighted by atomic mass is 16.4. The van der Waals surface area contributed by atoms with Crippen LogP contribution in [0.5, 0.6) is 0 Å². The molecular formula is C16H18O3. The molecule has 0 aliphatic heterocycles. The van der Waals surface area contributed by atoms with E-state index in [0.29, 0.717) is 0 Å². The van der Waals surface area contributed by atoms with E-state index in [-0.39, 0.29) is 0 Å². The van der Waals surface area contributed by atoms with E-state index >= 15 is 0 Å². The summed E-state index contributed by atoms with van der Waals surface area (Å²) in [6.07, 6.45) is 0. The molecule has 0 heterocycles. The van der Waals surface area contributed by atoms with Gasteiger partial charge in [0.1, 0.15) is 5.92 Å². The second-order valence-electron chi connectivity index (χ2n) is 4.00. The third-order valence-corrected chi connectivity index (χ3v) is 2.51. The molecule has 3 heteroatoms. The van der Waals surface area contributed by atoms with Gasteiger partial charge in [0, 0.05) is 14.2 Å². The van der Waals surface area contributed by atoms with Crippen LogP contribution in [-0.4, -0.2) is 25.3 Å². The molecule has 2 aromatic carbocycles. The Bertz CT molecular complexity index is 440. The summed E-state index contributed by atoms with van der Waals surface area (Å²) in [5.74, 6) is -1.40. The number of hydrogen-bond donors (Lipinski definition) is 1. The van der Waals surface area contributed by atoms with Gasteiger partial charge in [-0.1, -0.05) is 60.7 Å². The molecule has 19 heavy (non-hydrogen) atoms. The van der Waals surface area contributed by atoms with E-state index in [0.717, 1.165) is 11.1 Å². The smallest absolute Gasteiger partial charge is 0.315 e. The average molecular weight is 258 g/mol. The predicted octanol–water partition coefficient (Wildman–Crippen LogP) is 3.17.